The van der Waals surface area contributed by atoms with Crippen LogP contribution in [0.3, 0.4) is 0 Å². The van der Waals surface area contributed by atoms with Gasteiger partial charge in [-0.3, -0.25) is 9.56 Å². The Balaban J connectivity index is 1.72. The van der Waals surface area contributed by atoms with E-state index in [4.69, 9.17) is 12.2 Å². The first-order chi connectivity index (χ1) is 12.7. The Hall–Kier alpha value is -2.50. The number of allylic oxidation sites excluding steroid dienone is 1. The minimum atomic E-state index is 0.213. The van der Waals surface area contributed by atoms with Crippen molar-refractivity contribution in [3.8, 4) is 5.88 Å². The van der Waals surface area contributed by atoms with E-state index in [2.05, 4.69) is 30.1 Å². The molecule has 0 saturated heterocycles. The SMILES string of the molecule is CCc1cccc2c1N=C/C2=C\c1sc(=S)n(Cc2ccccc2)c1O. The molecule has 1 aliphatic rings. The Morgan fingerprint density at radius 3 is 2.73 bits per heavy atom. The molecule has 0 bridgehead atoms. The van der Waals surface area contributed by atoms with Gasteiger partial charge in [0.05, 0.1) is 17.1 Å². The van der Waals surface area contributed by atoms with E-state index in [1.165, 1.54) is 16.9 Å². The number of rotatable bonds is 4. The lowest BCUT2D eigenvalue weighted by molar-refractivity contribution is 0.422. The molecule has 0 radical (unpaired) electrons. The van der Waals surface area contributed by atoms with Gasteiger partial charge in [0.2, 0.25) is 5.88 Å². The minimum absolute atomic E-state index is 0.213. The van der Waals surface area contributed by atoms with E-state index in [1.54, 1.807) is 4.57 Å². The molecule has 1 N–H and O–H groups in total. The van der Waals surface area contributed by atoms with Crippen LogP contribution >= 0.6 is 23.6 Å². The second kappa shape index (κ2) is 7.02. The number of aliphatic imine (C=N–C) groups is 1. The van der Waals surface area contributed by atoms with Crippen LogP contribution in [0.15, 0.2) is 53.5 Å². The lowest BCUT2D eigenvalue weighted by Gasteiger charge is -2.05. The third kappa shape index (κ3) is 3.04. The molecule has 0 atom stereocenters. The van der Waals surface area contributed by atoms with Gasteiger partial charge in [-0.25, -0.2) is 0 Å². The van der Waals surface area contributed by atoms with Crippen molar-refractivity contribution in [1.82, 2.24) is 4.57 Å². The van der Waals surface area contributed by atoms with E-state index < -0.39 is 0 Å². The molecule has 1 aromatic heterocycles. The number of aromatic nitrogens is 1. The average molecular weight is 379 g/mol. The van der Waals surface area contributed by atoms with Gasteiger partial charge < -0.3 is 5.11 Å². The first-order valence-electron chi connectivity index (χ1n) is 8.52. The highest BCUT2D eigenvalue weighted by Gasteiger charge is 2.17. The van der Waals surface area contributed by atoms with Crippen LogP contribution in [-0.2, 0) is 13.0 Å². The van der Waals surface area contributed by atoms with E-state index >= 15 is 0 Å². The Bertz CT molecular complexity index is 1080. The van der Waals surface area contributed by atoms with Crippen molar-refractivity contribution < 1.29 is 5.11 Å². The van der Waals surface area contributed by atoms with Gasteiger partial charge in [-0.2, -0.15) is 0 Å². The molecule has 1 aliphatic heterocycles. The van der Waals surface area contributed by atoms with E-state index in [-0.39, 0.29) is 5.88 Å². The summed E-state index contributed by atoms with van der Waals surface area (Å²) >= 11 is 6.90. The lowest BCUT2D eigenvalue weighted by atomic mass is 10.0. The summed E-state index contributed by atoms with van der Waals surface area (Å²) in [6.07, 6.45) is 4.80. The molecule has 130 valence electrons. The summed E-state index contributed by atoms with van der Waals surface area (Å²) < 4.78 is 2.44. The monoisotopic (exact) mass is 378 g/mol. The zero-order valence-corrected chi connectivity index (χ0v) is 16.0. The first-order valence-corrected chi connectivity index (χ1v) is 9.74. The van der Waals surface area contributed by atoms with Crippen LogP contribution in [0.4, 0.5) is 5.69 Å². The molecule has 2 aromatic carbocycles. The fourth-order valence-corrected chi connectivity index (χ4v) is 4.39. The molecular formula is C21H18N2OS2. The predicted molar refractivity (Wildman–Crippen MR) is 112 cm³/mol. The topological polar surface area (TPSA) is 37.5 Å². The average Bonchev–Trinajstić information content (AvgIpc) is 3.19. The van der Waals surface area contributed by atoms with Crippen LogP contribution in [-0.4, -0.2) is 15.9 Å². The number of hydrogen-bond acceptors (Lipinski definition) is 4. The van der Waals surface area contributed by atoms with Crippen LogP contribution in [0.5, 0.6) is 5.88 Å². The summed E-state index contributed by atoms with van der Waals surface area (Å²) in [5, 5.41) is 10.7. The third-order valence-electron chi connectivity index (χ3n) is 4.51. The molecule has 0 amide bonds. The zero-order valence-electron chi connectivity index (χ0n) is 14.3. The third-order valence-corrected chi connectivity index (χ3v) is 5.89. The molecule has 3 aromatic rings. The van der Waals surface area contributed by atoms with E-state index in [9.17, 15) is 5.11 Å². The quantitative estimate of drug-likeness (QED) is 0.578. The molecule has 0 aliphatic carbocycles. The number of aryl methyl sites for hydroxylation is 1. The first kappa shape index (κ1) is 16.9. The van der Waals surface area contributed by atoms with Crippen LogP contribution in [0.1, 0.15) is 28.5 Å². The standard InChI is InChI=1S/C21H18N2OS2/c1-2-15-9-6-10-17-16(12-22-19(15)17)11-18-20(24)23(21(25)26-18)13-14-7-4-3-5-8-14/h3-12,24H,2,13H2,1H3/b16-11+. The maximum Gasteiger partial charge on any atom is 0.210 e. The zero-order chi connectivity index (χ0) is 18.1. The van der Waals surface area contributed by atoms with Crippen molar-refractivity contribution in [2.75, 3.05) is 0 Å². The van der Waals surface area contributed by atoms with E-state index in [0.29, 0.717) is 10.5 Å². The van der Waals surface area contributed by atoms with Gasteiger partial charge in [0.15, 0.2) is 3.95 Å². The number of benzene rings is 2. The molecule has 0 saturated carbocycles. The van der Waals surface area contributed by atoms with Gasteiger partial charge in [-0.05, 0) is 35.8 Å². The van der Waals surface area contributed by atoms with Crippen molar-refractivity contribution in [3.05, 3.63) is 74.1 Å². The Morgan fingerprint density at radius 1 is 1.15 bits per heavy atom. The molecule has 0 spiro atoms. The summed E-state index contributed by atoms with van der Waals surface area (Å²) in [4.78, 5) is 5.34. The largest absolute Gasteiger partial charge is 0.493 e. The molecular weight excluding hydrogens is 360 g/mol. The Kier molecular flexibility index (Phi) is 4.57. The van der Waals surface area contributed by atoms with Crippen LogP contribution in [0, 0.1) is 3.95 Å². The van der Waals surface area contributed by atoms with Crippen LogP contribution < -0.4 is 0 Å². The highest BCUT2D eigenvalue weighted by Crippen LogP contribution is 2.38. The lowest BCUT2D eigenvalue weighted by Crippen LogP contribution is -1.98. The predicted octanol–water partition coefficient (Wildman–Crippen LogP) is 5.85. The molecule has 2 heterocycles. The van der Waals surface area contributed by atoms with Gasteiger partial charge >= 0.3 is 0 Å². The van der Waals surface area contributed by atoms with Crippen molar-refractivity contribution in [3.63, 3.8) is 0 Å². The normalized spacial score (nSPS) is 14.1. The van der Waals surface area contributed by atoms with E-state index in [0.717, 1.165) is 33.7 Å². The van der Waals surface area contributed by atoms with Gasteiger partial charge in [0.1, 0.15) is 0 Å². The summed E-state index contributed by atoms with van der Waals surface area (Å²) in [6, 6.07) is 16.3. The minimum Gasteiger partial charge on any atom is -0.493 e. The maximum absolute atomic E-state index is 10.7. The highest BCUT2D eigenvalue weighted by molar-refractivity contribution is 7.73. The van der Waals surface area contributed by atoms with Crippen molar-refractivity contribution >= 4 is 47.1 Å². The fraction of sp³-hybridized carbons (Fsp3) is 0.143. The van der Waals surface area contributed by atoms with Gasteiger partial charge in [-0.1, -0.05) is 55.5 Å². The summed E-state index contributed by atoms with van der Waals surface area (Å²) in [5.41, 5.74) is 5.50. The van der Waals surface area contributed by atoms with Gasteiger partial charge in [0, 0.05) is 17.4 Å². The van der Waals surface area contributed by atoms with Gasteiger partial charge in [0.25, 0.3) is 0 Å². The van der Waals surface area contributed by atoms with Crippen molar-refractivity contribution in [2.24, 2.45) is 4.99 Å². The number of thiazole rings is 1. The maximum atomic E-state index is 10.7. The second-order valence-corrected chi connectivity index (χ2v) is 7.83. The summed E-state index contributed by atoms with van der Waals surface area (Å²) in [5.74, 6) is 0.213. The number of hydrogen-bond donors (Lipinski definition) is 1. The number of aromatic hydroxyl groups is 1. The fourth-order valence-electron chi connectivity index (χ4n) is 3.14. The Labute approximate surface area is 161 Å². The number of nitrogens with zero attached hydrogens (tertiary/aromatic N) is 2. The van der Waals surface area contributed by atoms with Gasteiger partial charge in [-0.15, -0.1) is 11.3 Å². The molecule has 4 rings (SSSR count). The Morgan fingerprint density at radius 2 is 1.96 bits per heavy atom. The summed E-state index contributed by atoms with van der Waals surface area (Å²) in [6.45, 7) is 2.70. The van der Waals surface area contributed by atoms with Crippen LogP contribution in [0.2, 0.25) is 0 Å². The van der Waals surface area contributed by atoms with Crippen molar-refractivity contribution in [2.45, 2.75) is 19.9 Å². The molecule has 5 heteroatoms. The number of para-hydroxylation sites is 1. The van der Waals surface area contributed by atoms with Crippen LogP contribution in [0.25, 0.3) is 11.6 Å². The molecule has 0 fully saturated rings. The van der Waals surface area contributed by atoms with Crippen molar-refractivity contribution in [1.29, 1.82) is 0 Å². The summed E-state index contributed by atoms with van der Waals surface area (Å²) in [7, 11) is 0. The highest BCUT2D eigenvalue weighted by atomic mass is 32.1. The molecule has 3 nitrogen and oxygen atoms in total. The smallest absolute Gasteiger partial charge is 0.210 e. The molecule has 26 heavy (non-hydrogen) atoms. The second-order valence-electron chi connectivity index (χ2n) is 6.15. The van der Waals surface area contributed by atoms with E-state index in [1.807, 2.05) is 42.6 Å². The number of fused-ring (bicyclic) bond motifs is 1. The molecule has 0 unspecified atom stereocenters.